The number of hydrogen-bond acceptors (Lipinski definition) is 2. The Kier molecular flexibility index (Phi) is 3.72. The van der Waals surface area contributed by atoms with Crippen molar-refractivity contribution in [3.05, 3.63) is 34.9 Å². The summed E-state index contributed by atoms with van der Waals surface area (Å²) in [5.41, 5.74) is -0.512. The molecule has 0 aliphatic carbocycles. The molecule has 1 aromatic carbocycles. The Morgan fingerprint density at radius 1 is 1.47 bits per heavy atom. The minimum absolute atomic E-state index is 0.235. The highest BCUT2D eigenvalue weighted by Gasteiger charge is 2.25. The SMILES string of the molecule is CC(O)(CC(=O)O)Cc1ccccc1Cl. The van der Waals surface area contributed by atoms with Crippen LogP contribution in [-0.4, -0.2) is 21.8 Å². The van der Waals surface area contributed by atoms with E-state index < -0.39 is 11.6 Å². The van der Waals surface area contributed by atoms with Gasteiger partial charge in [0.15, 0.2) is 0 Å². The smallest absolute Gasteiger partial charge is 0.306 e. The lowest BCUT2D eigenvalue weighted by Gasteiger charge is -2.21. The van der Waals surface area contributed by atoms with Crippen LogP contribution in [0.4, 0.5) is 0 Å². The van der Waals surface area contributed by atoms with Crippen molar-refractivity contribution in [2.24, 2.45) is 0 Å². The Morgan fingerprint density at radius 3 is 2.60 bits per heavy atom. The summed E-state index contributed by atoms with van der Waals surface area (Å²) in [7, 11) is 0. The summed E-state index contributed by atoms with van der Waals surface area (Å²) in [6, 6.07) is 7.09. The molecule has 82 valence electrons. The van der Waals surface area contributed by atoms with Crippen molar-refractivity contribution in [2.45, 2.75) is 25.4 Å². The summed E-state index contributed by atoms with van der Waals surface area (Å²) < 4.78 is 0. The van der Waals surface area contributed by atoms with E-state index in [0.717, 1.165) is 5.56 Å². The van der Waals surface area contributed by atoms with Crippen LogP contribution in [0.25, 0.3) is 0 Å². The number of carbonyl (C=O) groups is 1. The molecule has 4 heteroatoms. The van der Waals surface area contributed by atoms with E-state index >= 15 is 0 Å². The quantitative estimate of drug-likeness (QED) is 0.830. The zero-order chi connectivity index (χ0) is 11.5. The molecular formula is C11H13ClO3. The summed E-state index contributed by atoms with van der Waals surface area (Å²) >= 11 is 5.91. The fraction of sp³-hybridized carbons (Fsp3) is 0.364. The lowest BCUT2D eigenvalue weighted by molar-refractivity contribution is -0.141. The van der Waals surface area contributed by atoms with Crippen LogP contribution < -0.4 is 0 Å². The van der Waals surface area contributed by atoms with Gasteiger partial charge in [0.1, 0.15) is 0 Å². The van der Waals surface area contributed by atoms with Crippen molar-refractivity contribution >= 4 is 17.6 Å². The topological polar surface area (TPSA) is 57.5 Å². The molecule has 3 nitrogen and oxygen atoms in total. The van der Waals surface area contributed by atoms with Crippen LogP contribution in [0, 0.1) is 0 Å². The van der Waals surface area contributed by atoms with Crippen LogP contribution in [0.1, 0.15) is 18.9 Å². The molecule has 1 unspecified atom stereocenters. The van der Waals surface area contributed by atoms with E-state index in [0.29, 0.717) is 5.02 Å². The van der Waals surface area contributed by atoms with Gasteiger partial charge in [-0.05, 0) is 18.6 Å². The third kappa shape index (κ3) is 3.90. The molecule has 15 heavy (non-hydrogen) atoms. The molecule has 2 N–H and O–H groups in total. The van der Waals surface area contributed by atoms with Gasteiger partial charge in [-0.3, -0.25) is 4.79 Å². The van der Waals surface area contributed by atoms with Gasteiger partial charge in [-0.1, -0.05) is 29.8 Å². The minimum Gasteiger partial charge on any atom is -0.481 e. The van der Waals surface area contributed by atoms with Crippen LogP contribution in [0.3, 0.4) is 0 Å². The fourth-order valence-corrected chi connectivity index (χ4v) is 1.64. The highest BCUT2D eigenvalue weighted by atomic mass is 35.5. The molecule has 0 aliphatic heterocycles. The second-order valence-corrected chi connectivity index (χ2v) is 4.24. The average molecular weight is 229 g/mol. The number of aliphatic hydroxyl groups is 1. The summed E-state index contributed by atoms with van der Waals surface area (Å²) in [6.07, 6.45) is -0.0583. The van der Waals surface area contributed by atoms with Crippen LogP contribution in [0.5, 0.6) is 0 Å². The monoisotopic (exact) mass is 228 g/mol. The molecule has 0 saturated carbocycles. The summed E-state index contributed by atoms with van der Waals surface area (Å²) in [6.45, 7) is 1.49. The van der Waals surface area contributed by atoms with Crippen molar-refractivity contribution in [1.29, 1.82) is 0 Å². The number of aliphatic carboxylic acids is 1. The van der Waals surface area contributed by atoms with Crippen LogP contribution in [-0.2, 0) is 11.2 Å². The Hall–Kier alpha value is -1.06. The van der Waals surface area contributed by atoms with Gasteiger partial charge in [0.05, 0.1) is 12.0 Å². The molecule has 0 fully saturated rings. The number of halogens is 1. The first-order valence-corrected chi connectivity index (χ1v) is 4.96. The van der Waals surface area contributed by atoms with Gasteiger partial charge in [0, 0.05) is 11.4 Å². The zero-order valence-corrected chi connectivity index (χ0v) is 9.16. The lowest BCUT2D eigenvalue weighted by atomic mass is 9.93. The first kappa shape index (κ1) is 12.0. The average Bonchev–Trinajstić information content (AvgIpc) is 2.06. The minimum atomic E-state index is -1.27. The second-order valence-electron chi connectivity index (χ2n) is 3.84. The molecule has 0 spiro atoms. The molecule has 0 aromatic heterocycles. The maximum absolute atomic E-state index is 10.5. The Bertz CT molecular complexity index is 361. The molecule has 0 bridgehead atoms. The number of carboxylic acids is 1. The standard InChI is InChI=1S/C11H13ClO3/c1-11(15,7-10(13)14)6-8-4-2-3-5-9(8)12/h2-5,15H,6-7H2,1H3,(H,13,14). The molecule has 0 saturated heterocycles. The fourth-order valence-electron chi connectivity index (χ4n) is 1.44. The van der Waals surface area contributed by atoms with Crippen molar-refractivity contribution in [3.8, 4) is 0 Å². The third-order valence-electron chi connectivity index (χ3n) is 2.06. The van der Waals surface area contributed by atoms with E-state index in [1.165, 1.54) is 6.92 Å². The van der Waals surface area contributed by atoms with Gasteiger partial charge in [0.25, 0.3) is 0 Å². The molecule has 0 aliphatic rings. The largest absolute Gasteiger partial charge is 0.481 e. The van der Waals surface area contributed by atoms with E-state index in [4.69, 9.17) is 16.7 Å². The van der Waals surface area contributed by atoms with Crippen molar-refractivity contribution in [3.63, 3.8) is 0 Å². The van der Waals surface area contributed by atoms with E-state index in [9.17, 15) is 9.90 Å². The predicted octanol–water partition coefficient (Wildman–Crippen LogP) is 2.11. The van der Waals surface area contributed by atoms with Gasteiger partial charge < -0.3 is 10.2 Å². The summed E-state index contributed by atoms with van der Waals surface area (Å²) in [4.78, 5) is 10.5. The Morgan fingerprint density at radius 2 is 2.07 bits per heavy atom. The van der Waals surface area contributed by atoms with E-state index in [1.807, 2.05) is 0 Å². The molecule has 0 amide bonds. The Balaban J connectivity index is 2.77. The van der Waals surface area contributed by atoms with Crippen LogP contribution in [0.15, 0.2) is 24.3 Å². The first-order valence-electron chi connectivity index (χ1n) is 4.58. The van der Waals surface area contributed by atoms with E-state index in [1.54, 1.807) is 24.3 Å². The highest BCUT2D eigenvalue weighted by Crippen LogP contribution is 2.22. The number of rotatable bonds is 4. The predicted molar refractivity (Wildman–Crippen MR) is 58.0 cm³/mol. The van der Waals surface area contributed by atoms with Gasteiger partial charge in [0.2, 0.25) is 0 Å². The number of benzene rings is 1. The molecular weight excluding hydrogens is 216 g/mol. The van der Waals surface area contributed by atoms with Crippen LogP contribution >= 0.6 is 11.6 Å². The zero-order valence-electron chi connectivity index (χ0n) is 8.40. The van der Waals surface area contributed by atoms with Crippen LogP contribution in [0.2, 0.25) is 5.02 Å². The van der Waals surface area contributed by atoms with Crippen molar-refractivity contribution < 1.29 is 15.0 Å². The maximum atomic E-state index is 10.5. The molecule has 1 rings (SSSR count). The molecule has 1 aromatic rings. The molecule has 0 heterocycles. The molecule has 0 radical (unpaired) electrons. The number of carboxylic acid groups (broad SMARTS) is 1. The maximum Gasteiger partial charge on any atom is 0.306 e. The Labute approximate surface area is 93.3 Å². The van der Waals surface area contributed by atoms with E-state index in [-0.39, 0.29) is 12.8 Å². The summed E-state index contributed by atoms with van der Waals surface area (Å²) in [5, 5.41) is 19.0. The van der Waals surface area contributed by atoms with Gasteiger partial charge in [-0.2, -0.15) is 0 Å². The highest BCUT2D eigenvalue weighted by molar-refractivity contribution is 6.31. The normalized spacial score (nSPS) is 14.6. The van der Waals surface area contributed by atoms with Crippen molar-refractivity contribution in [1.82, 2.24) is 0 Å². The van der Waals surface area contributed by atoms with Gasteiger partial charge >= 0.3 is 5.97 Å². The lowest BCUT2D eigenvalue weighted by Crippen LogP contribution is -2.30. The third-order valence-corrected chi connectivity index (χ3v) is 2.43. The number of hydrogen-bond donors (Lipinski definition) is 2. The van der Waals surface area contributed by atoms with Gasteiger partial charge in [-0.25, -0.2) is 0 Å². The second kappa shape index (κ2) is 4.64. The van der Waals surface area contributed by atoms with E-state index in [2.05, 4.69) is 0 Å². The summed E-state index contributed by atoms with van der Waals surface area (Å²) in [5.74, 6) is -1.02. The first-order chi connectivity index (χ1) is 6.91. The molecule has 1 atom stereocenters. The van der Waals surface area contributed by atoms with Crippen molar-refractivity contribution in [2.75, 3.05) is 0 Å². The van der Waals surface area contributed by atoms with Gasteiger partial charge in [-0.15, -0.1) is 0 Å².